The summed E-state index contributed by atoms with van der Waals surface area (Å²) in [6, 6.07) is 9.62. The van der Waals surface area contributed by atoms with E-state index >= 15 is 0 Å². The highest BCUT2D eigenvalue weighted by Gasteiger charge is 2.34. The van der Waals surface area contributed by atoms with Gasteiger partial charge in [-0.1, -0.05) is 12.1 Å². The maximum absolute atomic E-state index is 12.4. The summed E-state index contributed by atoms with van der Waals surface area (Å²) in [4.78, 5) is 12.4. The predicted molar refractivity (Wildman–Crippen MR) is 86.5 cm³/mol. The van der Waals surface area contributed by atoms with Gasteiger partial charge < -0.3 is 14.8 Å². The van der Waals surface area contributed by atoms with Crippen LogP contribution in [0.1, 0.15) is 32.3 Å². The Morgan fingerprint density at radius 2 is 2.09 bits per heavy atom. The Morgan fingerprint density at radius 3 is 2.70 bits per heavy atom. The summed E-state index contributed by atoms with van der Waals surface area (Å²) in [5, 5.41) is 12.7. The van der Waals surface area contributed by atoms with Crippen molar-refractivity contribution in [3.8, 4) is 11.8 Å². The number of nitriles is 1. The standard InChI is InChI=1S/C18H20N2O3/c1-5-23-18(21)16-12(3)20-11(2)15(10-19)17(16)13-7-6-8-14(9-13)22-4/h6-9,17,20H,5H2,1-4H3. The van der Waals surface area contributed by atoms with E-state index in [4.69, 9.17) is 9.47 Å². The van der Waals surface area contributed by atoms with Gasteiger partial charge in [0, 0.05) is 11.4 Å². The van der Waals surface area contributed by atoms with E-state index in [2.05, 4.69) is 11.4 Å². The molecule has 1 aromatic rings. The molecular formula is C18H20N2O3. The third-order valence-electron chi connectivity index (χ3n) is 3.80. The van der Waals surface area contributed by atoms with E-state index in [9.17, 15) is 10.1 Å². The predicted octanol–water partition coefficient (Wildman–Crippen LogP) is 3.02. The number of allylic oxidation sites excluding steroid dienone is 3. The summed E-state index contributed by atoms with van der Waals surface area (Å²) >= 11 is 0. The summed E-state index contributed by atoms with van der Waals surface area (Å²) in [5.41, 5.74) is 3.23. The Labute approximate surface area is 136 Å². The van der Waals surface area contributed by atoms with Crippen molar-refractivity contribution in [3.63, 3.8) is 0 Å². The van der Waals surface area contributed by atoms with Gasteiger partial charge in [-0.2, -0.15) is 5.26 Å². The third kappa shape index (κ3) is 3.21. The first-order chi connectivity index (χ1) is 11.0. The minimum atomic E-state index is -0.463. The summed E-state index contributed by atoms with van der Waals surface area (Å²) in [7, 11) is 1.58. The van der Waals surface area contributed by atoms with Crippen LogP contribution in [0.2, 0.25) is 0 Å². The van der Waals surface area contributed by atoms with E-state index in [1.165, 1.54) is 0 Å². The smallest absolute Gasteiger partial charge is 0.336 e. The lowest BCUT2D eigenvalue weighted by atomic mass is 9.81. The van der Waals surface area contributed by atoms with Gasteiger partial charge >= 0.3 is 5.97 Å². The normalized spacial score (nSPS) is 17.4. The number of ether oxygens (including phenoxy) is 2. The molecule has 0 aliphatic carbocycles. The molecule has 0 aromatic heterocycles. The van der Waals surface area contributed by atoms with Gasteiger partial charge in [0.15, 0.2) is 0 Å². The van der Waals surface area contributed by atoms with Crippen LogP contribution in [0.5, 0.6) is 5.75 Å². The molecule has 120 valence electrons. The summed E-state index contributed by atoms with van der Waals surface area (Å²) in [6.07, 6.45) is 0. The molecule has 1 aliphatic rings. The molecule has 0 bridgehead atoms. The Kier molecular flexibility index (Phi) is 5.07. The summed E-state index contributed by atoms with van der Waals surface area (Å²) < 4.78 is 10.5. The number of nitrogens with zero attached hydrogens (tertiary/aromatic N) is 1. The number of esters is 1. The first-order valence-corrected chi connectivity index (χ1v) is 7.43. The lowest BCUT2D eigenvalue weighted by molar-refractivity contribution is -0.138. The molecule has 0 fully saturated rings. The van der Waals surface area contributed by atoms with Crippen molar-refractivity contribution in [2.45, 2.75) is 26.7 Å². The zero-order chi connectivity index (χ0) is 17.0. The lowest BCUT2D eigenvalue weighted by Crippen LogP contribution is -2.28. The van der Waals surface area contributed by atoms with E-state index in [0.29, 0.717) is 22.6 Å². The van der Waals surface area contributed by atoms with Crippen molar-refractivity contribution < 1.29 is 14.3 Å². The molecule has 1 atom stereocenters. The topological polar surface area (TPSA) is 71.3 Å². The van der Waals surface area contributed by atoms with Gasteiger partial charge in [-0.05, 0) is 38.5 Å². The quantitative estimate of drug-likeness (QED) is 0.865. The number of methoxy groups -OCH3 is 1. The fourth-order valence-corrected chi connectivity index (χ4v) is 2.78. The number of carbonyl (C=O) groups excluding carboxylic acids is 1. The van der Waals surface area contributed by atoms with Crippen LogP contribution in [0, 0.1) is 11.3 Å². The molecule has 1 aromatic carbocycles. The lowest BCUT2D eigenvalue weighted by Gasteiger charge is -2.28. The zero-order valence-electron chi connectivity index (χ0n) is 13.8. The number of rotatable bonds is 4. The molecule has 23 heavy (non-hydrogen) atoms. The summed E-state index contributed by atoms with van der Waals surface area (Å²) in [6.45, 7) is 5.69. The first kappa shape index (κ1) is 16.6. The molecule has 0 saturated heterocycles. The van der Waals surface area contributed by atoms with Crippen LogP contribution in [0.15, 0.2) is 46.8 Å². The van der Waals surface area contributed by atoms with Crippen LogP contribution < -0.4 is 10.1 Å². The number of hydrogen-bond donors (Lipinski definition) is 1. The van der Waals surface area contributed by atoms with Gasteiger partial charge in [0.25, 0.3) is 0 Å². The van der Waals surface area contributed by atoms with Gasteiger partial charge in [-0.15, -0.1) is 0 Å². The van der Waals surface area contributed by atoms with E-state index in [1.807, 2.05) is 38.1 Å². The number of nitrogens with one attached hydrogen (secondary N) is 1. The van der Waals surface area contributed by atoms with Crippen LogP contribution in [0.25, 0.3) is 0 Å². The number of benzene rings is 1. The van der Waals surface area contributed by atoms with E-state index in [-0.39, 0.29) is 6.61 Å². The van der Waals surface area contributed by atoms with Crippen LogP contribution in [-0.4, -0.2) is 19.7 Å². The van der Waals surface area contributed by atoms with Crippen LogP contribution in [-0.2, 0) is 9.53 Å². The van der Waals surface area contributed by atoms with Gasteiger partial charge in [0.05, 0.1) is 36.9 Å². The van der Waals surface area contributed by atoms with Crippen molar-refractivity contribution in [2.75, 3.05) is 13.7 Å². The summed E-state index contributed by atoms with van der Waals surface area (Å²) in [5.74, 6) is -0.196. The highest BCUT2D eigenvalue weighted by Crippen LogP contribution is 2.39. The van der Waals surface area contributed by atoms with Crippen molar-refractivity contribution >= 4 is 5.97 Å². The highest BCUT2D eigenvalue weighted by atomic mass is 16.5. The molecule has 0 saturated carbocycles. The maximum atomic E-state index is 12.4. The average molecular weight is 312 g/mol. The van der Waals surface area contributed by atoms with Gasteiger partial charge in [-0.25, -0.2) is 4.79 Å². The zero-order valence-corrected chi connectivity index (χ0v) is 13.8. The van der Waals surface area contributed by atoms with Crippen molar-refractivity contribution in [1.82, 2.24) is 5.32 Å². The Balaban J connectivity index is 2.61. The third-order valence-corrected chi connectivity index (χ3v) is 3.80. The molecule has 1 unspecified atom stereocenters. The van der Waals surface area contributed by atoms with E-state index in [1.54, 1.807) is 14.0 Å². The Bertz CT molecular complexity index is 726. The molecule has 5 nitrogen and oxygen atoms in total. The van der Waals surface area contributed by atoms with Crippen molar-refractivity contribution in [1.29, 1.82) is 5.26 Å². The van der Waals surface area contributed by atoms with E-state index in [0.717, 1.165) is 11.3 Å². The minimum Gasteiger partial charge on any atom is -0.497 e. The molecule has 0 radical (unpaired) electrons. The molecule has 1 heterocycles. The van der Waals surface area contributed by atoms with Gasteiger partial charge in [-0.3, -0.25) is 0 Å². The van der Waals surface area contributed by atoms with Crippen molar-refractivity contribution in [3.05, 3.63) is 52.4 Å². The van der Waals surface area contributed by atoms with Gasteiger partial charge in [0.1, 0.15) is 5.75 Å². The number of dihydropyridines is 1. The number of hydrogen-bond acceptors (Lipinski definition) is 5. The highest BCUT2D eigenvalue weighted by molar-refractivity contribution is 5.93. The second kappa shape index (κ2) is 7.01. The monoisotopic (exact) mass is 312 g/mol. The maximum Gasteiger partial charge on any atom is 0.336 e. The molecule has 1 aliphatic heterocycles. The van der Waals surface area contributed by atoms with Gasteiger partial charge in [0.2, 0.25) is 0 Å². The fourth-order valence-electron chi connectivity index (χ4n) is 2.78. The Hall–Kier alpha value is -2.74. The minimum absolute atomic E-state index is 0.283. The first-order valence-electron chi connectivity index (χ1n) is 7.43. The van der Waals surface area contributed by atoms with Crippen LogP contribution >= 0.6 is 0 Å². The van der Waals surface area contributed by atoms with E-state index < -0.39 is 11.9 Å². The molecule has 1 N–H and O–H groups in total. The molecule has 2 rings (SSSR count). The second-order valence-corrected chi connectivity index (χ2v) is 5.24. The number of carbonyl (C=O) groups is 1. The molecular weight excluding hydrogens is 292 g/mol. The fraction of sp³-hybridized carbons (Fsp3) is 0.333. The molecule has 5 heteroatoms. The van der Waals surface area contributed by atoms with Crippen LogP contribution in [0.3, 0.4) is 0 Å². The Morgan fingerprint density at radius 1 is 1.35 bits per heavy atom. The molecule has 0 amide bonds. The molecule has 0 spiro atoms. The van der Waals surface area contributed by atoms with Crippen molar-refractivity contribution in [2.24, 2.45) is 0 Å². The largest absolute Gasteiger partial charge is 0.497 e. The van der Waals surface area contributed by atoms with Crippen LogP contribution in [0.4, 0.5) is 0 Å². The SMILES string of the molecule is CCOC(=O)C1=C(C)NC(C)=C(C#N)C1c1cccc(OC)c1. The average Bonchev–Trinajstić information content (AvgIpc) is 2.54. The second-order valence-electron chi connectivity index (χ2n) is 5.24.